The zero-order valence-corrected chi connectivity index (χ0v) is 7.77. The van der Waals surface area contributed by atoms with E-state index in [2.05, 4.69) is 24.8 Å². The van der Waals surface area contributed by atoms with Crippen molar-refractivity contribution in [3.05, 3.63) is 11.6 Å². The Kier molecular flexibility index (Phi) is 3.64. The number of nitrogens with zero attached hydrogens (tertiary/aromatic N) is 1. The zero-order valence-electron chi connectivity index (χ0n) is 7.77. The van der Waals surface area contributed by atoms with Crippen LogP contribution in [0.3, 0.4) is 0 Å². The van der Waals surface area contributed by atoms with Crippen molar-refractivity contribution in [1.82, 2.24) is 4.90 Å². The van der Waals surface area contributed by atoms with Crippen molar-refractivity contribution in [2.24, 2.45) is 0 Å². The molecule has 1 fully saturated rings. The fraction of sp³-hybridized carbons (Fsp3) is 0.800. The summed E-state index contributed by atoms with van der Waals surface area (Å²) in [5.41, 5.74) is 1.52. The Labute approximate surface area is 70.1 Å². The summed E-state index contributed by atoms with van der Waals surface area (Å²) in [4.78, 5) is 2.56. The highest BCUT2D eigenvalue weighted by molar-refractivity contribution is 4.96. The molecular weight excluding hydrogens is 134 g/mol. The van der Waals surface area contributed by atoms with E-state index in [1.807, 2.05) is 0 Å². The van der Waals surface area contributed by atoms with E-state index < -0.39 is 0 Å². The highest BCUT2D eigenvalue weighted by Gasteiger charge is 2.09. The lowest BCUT2D eigenvalue weighted by Crippen LogP contribution is -2.20. The predicted molar refractivity (Wildman–Crippen MR) is 49.7 cm³/mol. The largest absolute Gasteiger partial charge is 0.303 e. The van der Waals surface area contributed by atoms with Crippen molar-refractivity contribution in [3.63, 3.8) is 0 Å². The van der Waals surface area contributed by atoms with E-state index in [4.69, 9.17) is 0 Å². The molecule has 1 nitrogen and oxygen atoms in total. The first-order valence-corrected chi connectivity index (χ1v) is 4.67. The summed E-state index contributed by atoms with van der Waals surface area (Å²) in [5, 5.41) is 0. The van der Waals surface area contributed by atoms with Gasteiger partial charge in [0.1, 0.15) is 0 Å². The molecule has 1 rings (SSSR count). The molecule has 64 valence electrons. The third kappa shape index (κ3) is 3.06. The first kappa shape index (κ1) is 8.79. The van der Waals surface area contributed by atoms with Crippen molar-refractivity contribution in [2.45, 2.75) is 33.1 Å². The van der Waals surface area contributed by atoms with Crippen molar-refractivity contribution in [2.75, 3.05) is 19.6 Å². The molecule has 1 aliphatic rings. The van der Waals surface area contributed by atoms with E-state index in [1.165, 1.54) is 44.5 Å². The number of likely N-dealkylation sites (tertiary alicyclic amines) is 1. The maximum atomic E-state index is 2.56. The highest BCUT2D eigenvalue weighted by Crippen LogP contribution is 2.09. The topological polar surface area (TPSA) is 3.24 Å². The van der Waals surface area contributed by atoms with Crippen LogP contribution in [-0.4, -0.2) is 24.5 Å². The lowest BCUT2D eigenvalue weighted by Gasteiger charge is -2.13. The Morgan fingerprint density at radius 2 is 2.00 bits per heavy atom. The Morgan fingerprint density at radius 3 is 2.55 bits per heavy atom. The van der Waals surface area contributed by atoms with E-state index in [0.29, 0.717) is 0 Å². The Hall–Kier alpha value is -0.300. The lowest BCUT2D eigenvalue weighted by atomic mass is 10.2. The van der Waals surface area contributed by atoms with E-state index in [0.717, 1.165) is 0 Å². The highest BCUT2D eigenvalue weighted by atomic mass is 15.1. The SMILES string of the molecule is C/C=C(\C)CCN1CCCC1. The van der Waals surface area contributed by atoms with Crippen LogP contribution in [0, 0.1) is 0 Å². The van der Waals surface area contributed by atoms with Gasteiger partial charge in [-0.2, -0.15) is 0 Å². The van der Waals surface area contributed by atoms with Gasteiger partial charge in [0.05, 0.1) is 0 Å². The van der Waals surface area contributed by atoms with Crippen LogP contribution in [-0.2, 0) is 0 Å². The van der Waals surface area contributed by atoms with Crippen LogP contribution in [0.25, 0.3) is 0 Å². The van der Waals surface area contributed by atoms with Gasteiger partial charge in [0.15, 0.2) is 0 Å². The van der Waals surface area contributed by atoms with Crippen molar-refractivity contribution in [3.8, 4) is 0 Å². The summed E-state index contributed by atoms with van der Waals surface area (Å²) in [6.45, 7) is 8.28. The van der Waals surface area contributed by atoms with Crippen molar-refractivity contribution in [1.29, 1.82) is 0 Å². The average Bonchev–Trinajstić information content (AvgIpc) is 2.52. The second-order valence-corrected chi connectivity index (χ2v) is 3.43. The molecule has 1 heteroatoms. The van der Waals surface area contributed by atoms with Gasteiger partial charge >= 0.3 is 0 Å². The fourth-order valence-corrected chi connectivity index (χ4v) is 1.49. The van der Waals surface area contributed by atoms with Gasteiger partial charge < -0.3 is 4.90 Å². The summed E-state index contributed by atoms with van der Waals surface area (Å²) in [6.07, 6.45) is 6.30. The minimum absolute atomic E-state index is 1.26. The molecule has 1 aliphatic heterocycles. The molecule has 0 N–H and O–H groups in total. The van der Waals surface area contributed by atoms with Crippen LogP contribution < -0.4 is 0 Å². The Morgan fingerprint density at radius 1 is 1.36 bits per heavy atom. The van der Waals surface area contributed by atoms with E-state index in [9.17, 15) is 0 Å². The molecule has 0 aromatic heterocycles. The molecule has 1 saturated heterocycles. The summed E-state index contributed by atoms with van der Waals surface area (Å²) < 4.78 is 0. The molecule has 0 saturated carbocycles. The van der Waals surface area contributed by atoms with Crippen LogP contribution in [0.5, 0.6) is 0 Å². The predicted octanol–water partition coefficient (Wildman–Crippen LogP) is 2.44. The van der Waals surface area contributed by atoms with Crippen molar-refractivity contribution >= 4 is 0 Å². The van der Waals surface area contributed by atoms with Gasteiger partial charge in [-0.1, -0.05) is 11.6 Å². The Bertz CT molecular complexity index is 132. The molecule has 0 spiro atoms. The van der Waals surface area contributed by atoms with Gasteiger partial charge in [0, 0.05) is 6.54 Å². The molecule has 0 aromatic rings. The molecule has 0 unspecified atom stereocenters. The first-order valence-electron chi connectivity index (χ1n) is 4.67. The molecule has 0 aliphatic carbocycles. The van der Waals surface area contributed by atoms with Crippen LogP contribution >= 0.6 is 0 Å². The monoisotopic (exact) mass is 153 g/mol. The second-order valence-electron chi connectivity index (χ2n) is 3.43. The summed E-state index contributed by atoms with van der Waals surface area (Å²) in [5.74, 6) is 0. The lowest BCUT2D eigenvalue weighted by molar-refractivity contribution is 0.343. The number of rotatable bonds is 3. The van der Waals surface area contributed by atoms with Crippen LogP contribution in [0.15, 0.2) is 11.6 Å². The van der Waals surface area contributed by atoms with E-state index in [1.54, 1.807) is 0 Å². The molecule has 0 atom stereocenters. The first-order chi connectivity index (χ1) is 5.33. The van der Waals surface area contributed by atoms with Gasteiger partial charge in [-0.3, -0.25) is 0 Å². The maximum Gasteiger partial charge on any atom is 0.00185 e. The average molecular weight is 153 g/mol. The van der Waals surface area contributed by atoms with Crippen molar-refractivity contribution < 1.29 is 0 Å². The van der Waals surface area contributed by atoms with Crippen LogP contribution in [0.2, 0.25) is 0 Å². The number of hydrogen-bond donors (Lipinski definition) is 0. The minimum atomic E-state index is 1.26. The standard InChI is InChI=1S/C10H19N/c1-3-10(2)6-9-11-7-4-5-8-11/h3H,4-9H2,1-2H3/b10-3+. The van der Waals surface area contributed by atoms with Gasteiger partial charge in [-0.15, -0.1) is 0 Å². The summed E-state index contributed by atoms with van der Waals surface area (Å²) in [7, 11) is 0. The Balaban J connectivity index is 2.11. The maximum absolute atomic E-state index is 2.56. The van der Waals surface area contributed by atoms with Gasteiger partial charge in [-0.25, -0.2) is 0 Å². The third-order valence-electron chi connectivity index (χ3n) is 2.51. The summed E-state index contributed by atoms with van der Waals surface area (Å²) in [6, 6.07) is 0. The molecule has 0 amide bonds. The molecule has 0 radical (unpaired) electrons. The minimum Gasteiger partial charge on any atom is -0.303 e. The van der Waals surface area contributed by atoms with Gasteiger partial charge in [-0.05, 0) is 46.2 Å². The second kappa shape index (κ2) is 4.55. The van der Waals surface area contributed by atoms with E-state index in [-0.39, 0.29) is 0 Å². The van der Waals surface area contributed by atoms with Crippen LogP contribution in [0.1, 0.15) is 33.1 Å². The van der Waals surface area contributed by atoms with Crippen LogP contribution in [0.4, 0.5) is 0 Å². The molecule has 1 heterocycles. The normalized spacial score (nSPS) is 21.1. The fourth-order valence-electron chi connectivity index (χ4n) is 1.49. The number of allylic oxidation sites excluding steroid dienone is 1. The van der Waals surface area contributed by atoms with E-state index >= 15 is 0 Å². The van der Waals surface area contributed by atoms with Gasteiger partial charge in [0.25, 0.3) is 0 Å². The smallest absolute Gasteiger partial charge is 0.00185 e. The quantitative estimate of drug-likeness (QED) is 0.563. The molecule has 0 aromatic carbocycles. The zero-order chi connectivity index (χ0) is 8.10. The van der Waals surface area contributed by atoms with Gasteiger partial charge in [0.2, 0.25) is 0 Å². The summed E-state index contributed by atoms with van der Waals surface area (Å²) >= 11 is 0. The molecule has 11 heavy (non-hydrogen) atoms. The molecule has 0 bridgehead atoms. The third-order valence-corrected chi connectivity index (χ3v) is 2.51. The molecular formula is C10H19N. The number of hydrogen-bond acceptors (Lipinski definition) is 1.